The van der Waals surface area contributed by atoms with E-state index in [0.717, 1.165) is 5.56 Å². The number of hydrogen-bond acceptors (Lipinski definition) is 3. The SMILES string of the molecule is O=c1[nH]c([O-])c(Cc2ccccc2)c(=O)[nH]1. The minimum absolute atomic E-state index is 0.0470. The van der Waals surface area contributed by atoms with Gasteiger partial charge in [-0.25, -0.2) is 4.79 Å². The molecule has 1 heterocycles. The van der Waals surface area contributed by atoms with Gasteiger partial charge in [0, 0.05) is 12.0 Å². The average molecular weight is 217 g/mol. The summed E-state index contributed by atoms with van der Waals surface area (Å²) in [6.45, 7) is 0. The van der Waals surface area contributed by atoms with Crippen LogP contribution in [-0.2, 0) is 6.42 Å². The highest BCUT2D eigenvalue weighted by atomic mass is 16.3. The van der Waals surface area contributed by atoms with Crippen molar-refractivity contribution in [1.29, 1.82) is 0 Å². The lowest BCUT2D eigenvalue weighted by Crippen LogP contribution is -2.27. The number of nitrogens with one attached hydrogen (secondary N) is 2. The average Bonchev–Trinajstić information content (AvgIpc) is 2.25. The Balaban J connectivity index is 2.43. The molecule has 0 radical (unpaired) electrons. The second-order valence-electron chi connectivity index (χ2n) is 3.38. The standard InChI is InChI=1S/C11H10N2O3/c14-9-8(10(15)13-11(16)12-9)6-7-4-2-1-3-5-7/h1-5H,6H2,(H3,12,13,14,15,16)/p-1. The van der Waals surface area contributed by atoms with Crippen molar-refractivity contribution < 1.29 is 5.11 Å². The van der Waals surface area contributed by atoms with Gasteiger partial charge in [0.2, 0.25) is 0 Å². The van der Waals surface area contributed by atoms with E-state index in [1.807, 2.05) is 40.3 Å². The van der Waals surface area contributed by atoms with E-state index in [2.05, 4.69) is 0 Å². The molecule has 1 aromatic heterocycles. The Bertz CT molecular complexity index is 599. The summed E-state index contributed by atoms with van der Waals surface area (Å²) in [5.41, 5.74) is -0.507. The van der Waals surface area contributed by atoms with Gasteiger partial charge < -0.3 is 10.1 Å². The van der Waals surface area contributed by atoms with Crippen molar-refractivity contribution in [3.8, 4) is 5.88 Å². The van der Waals surface area contributed by atoms with Crippen LogP contribution < -0.4 is 16.4 Å². The smallest absolute Gasteiger partial charge is 0.325 e. The molecule has 5 nitrogen and oxygen atoms in total. The third-order valence-electron chi connectivity index (χ3n) is 2.23. The van der Waals surface area contributed by atoms with Gasteiger partial charge in [0.15, 0.2) is 0 Å². The van der Waals surface area contributed by atoms with Gasteiger partial charge in [-0.05, 0) is 11.4 Å². The van der Waals surface area contributed by atoms with Crippen molar-refractivity contribution in [3.63, 3.8) is 0 Å². The monoisotopic (exact) mass is 217 g/mol. The van der Waals surface area contributed by atoms with E-state index in [9.17, 15) is 14.7 Å². The fourth-order valence-electron chi connectivity index (χ4n) is 1.45. The number of rotatable bonds is 2. The van der Waals surface area contributed by atoms with Crippen LogP contribution >= 0.6 is 0 Å². The minimum Gasteiger partial charge on any atom is -0.860 e. The van der Waals surface area contributed by atoms with E-state index in [-0.39, 0.29) is 12.0 Å². The molecule has 0 aliphatic carbocycles. The fourth-order valence-corrected chi connectivity index (χ4v) is 1.45. The third-order valence-corrected chi connectivity index (χ3v) is 2.23. The Morgan fingerprint density at radius 3 is 2.38 bits per heavy atom. The van der Waals surface area contributed by atoms with Gasteiger partial charge in [-0.3, -0.25) is 9.78 Å². The lowest BCUT2D eigenvalue weighted by molar-refractivity contribution is -0.276. The number of H-pyrrole nitrogens is 2. The van der Waals surface area contributed by atoms with E-state index >= 15 is 0 Å². The molecular weight excluding hydrogens is 208 g/mol. The second kappa shape index (κ2) is 4.06. The Morgan fingerprint density at radius 1 is 1.06 bits per heavy atom. The summed E-state index contributed by atoms with van der Waals surface area (Å²) in [5, 5.41) is 11.4. The molecule has 0 amide bonds. The highest BCUT2D eigenvalue weighted by molar-refractivity contribution is 5.28. The third kappa shape index (κ3) is 2.03. The molecule has 16 heavy (non-hydrogen) atoms. The number of benzene rings is 1. The van der Waals surface area contributed by atoms with Crippen molar-refractivity contribution in [2.45, 2.75) is 6.42 Å². The van der Waals surface area contributed by atoms with Gasteiger partial charge in [-0.15, -0.1) is 0 Å². The zero-order chi connectivity index (χ0) is 11.5. The molecule has 0 aliphatic rings. The summed E-state index contributed by atoms with van der Waals surface area (Å²) in [5.74, 6) is -0.627. The van der Waals surface area contributed by atoms with Crippen molar-refractivity contribution in [1.82, 2.24) is 9.97 Å². The van der Waals surface area contributed by atoms with Crippen LogP contribution in [0.3, 0.4) is 0 Å². The van der Waals surface area contributed by atoms with E-state index in [0.29, 0.717) is 0 Å². The van der Waals surface area contributed by atoms with Crippen LogP contribution in [0.4, 0.5) is 0 Å². The first-order valence-electron chi connectivity index (χ1n) is 4.73. The summed E-state index contributed by atoms with van der Waals surface area (Å²) in [6, 6.07) is 9.10. The lowest BCUT2D eigenvalue weighted by Gasteiger charge is -2.10. The van der Waals surface area contributed by atoms with Crippen LogP contribution in [-0.4, -0.2) is 9.97 Å². The molecule has 82 valence electrons. The summed E-state index contributed by atoms with van der Waals surface area (Å²) in [7, 11) is 0. The summed E-state index contributed by atoms with van der Waals surface area (Å²) in [4.78, 5) is 26.3. The highest BCUT2D eigenvalue weighted by Gasteiger charge is 2.03. The zero-order valence-electron chi connectivity index (χ0n) is 8.32. The molecule has 2 N–H and O–H groups in total. The molecule has 0 bridgehead atoms. The highest BCUT2D eigenvalue weighted by Crippen LogP contribution is 2.09. The van der Waals surface area contributed by atoms with Crippen LogP contribution in [0.5, 0.6) is 5.88 Å². The van der Waals surface area contributed by atoms with Gasteiger partial charge in [-0.2, -0.15) is 0 Å². The molecule has 2 aromatic rings. The van der Waals surface area contributed by atoms with E-state index < -0.39 is 17.1 Å². The predicted molar refractivity (Wildman–Crippen MR) is 56.4 cm³/mol. The number of hydrogen-bond donors (Lipinski definition) is 2. The second-order valence-corrected chi connectivity index (χ2v) is 3.38. The van der Waals surface area contributed by atoms with Gasteiger partial charge in [-0.1, -0.05) is 30.3 Å². The largest absolute Gasteiger partial charge is 0.860 e. The number of aromatic amines is 2. The topological polar surface area (TPSA) is 88.8 Å². The molecule has 1 aromatic carbocycles. The van der Waals surface area contributed by atoms with Crippen molar-refractivity contribution in [2.75, 3.05) is 0 Å². The molecule has 0 atom stereocenters. The quantitative estimate of drug-likeness (QED) is 0.725. The van der Waals surface area contributed by atoms with Crippen molar-refractivity contribution in [2.24, 2.45) is 0 Å². The Hall–Kier alpha value is -2.30. The van der Waals surface area contributed by atoms with Gasteiger partial charge in [0.1, 0.15) is 0 Å². The first kappa shape index (κ1) is 10.2. The summed E-state index contributed by atoms with van der Waals surface area (Å²) >= 11 is 0. The van der Waals surface area contributed by atoms with Gasteiger partial charge in [0.05, 0.1) is 0 Å². The molecule has 5 heteroatoms. The maximum absolute atomic E-state index is 11.4. The molecule has 0 spiro atoms. The molecule has 0 aliphatic heterocycles. The van der Waals surface area contributed by atoms with Gasteiger partial charge >= 0.3 is 5.69 Å². The first-order chi connectivity index (χ1) is 7.66. The normalized spacial score (nSPS) is 10.2. The van der Waals surface area contributed by atoms with Crippen LogP contribution in [0.2, 0.25) is 0 Å². The Kier molecular flexibility index (Phi) is 2.59. The Morgan fingerprint density at radius 2 is 1.75 bits per heavy atom. The van der Waals surface area contributed by atoms with E-state index in [1.54, 1.807) is 0 Å². The number of aromatic nitrogens is 2. The molecule has 2 rings (SSSR count). The molecule has 0 unspecified atom stereocenters. The predicted octanol–water partition coefficient (Wildman–Crippen LogP) is -0.272. The molecule has 0 fully saturated rings. The summed E-state index contributed by atoms with van der Waals surface area (Å²) in [6.07, 6.45) is 0.214. The summed E-state index contributed by atoms with van der Waals surface area (Å²) < 4.78 is 0. The van der Waals surface area contributed by atoms with Crippen molar-refractivity contribution >= 4 is 0 Å². The maximum atomic E-state index is 11.4. The van der Waals surface area contributed by atoms with Crippen LogP contribution in [0, 0.1) is 0 Å². The lowest BCUT2D eigenvalue weighted by atomic mass is 10.1. The maximum Gasteiger partial charge on any atom is 0.325 e. The Labute approximate surface area is 90.4 Å². The molecular formula is C11H9N2O3-. The van der Waals surface area contributed by atoms with Crippen LogP contribution in [0.15, 0.2) is 39.9 Å². The zero-order valence-corrected chi connectivity index (χ0v) is 8.32. The van der Waals surface area contributed by atoms with Crippen LogP contribution in [0.1, 0.15) is 11.1 Å². The molecule has 0 saturated carbocycles. The first-order valence-corrected chi connectivity index (χ1v) is 4.73. The van der Waals surface area contributed by atoms with Crippen LogP contribution in [0.25, 0.3) is 0 Å². The van der Waals surface area contributed by atoms with E-state index in [1.165, 1.54) is 0 Å². The fraction of sp³-hybridized carbons (Fsp3) is 0.0909. The van der Waals surface area contributed by atoms with Crippen molar-refractivity contribution in [3.05, 3.63) is 62.3 Å². The minimum atomic E-state index is -0.771. The van der Waals surface area contributed by atoms with Gasteiger partial charge in [0.25, 0.3) is 5.56 Å². The van der Waals surface area contributed by atoms with E-state index in [4.69, 9.17) is 0 Å². The molecule has 0 saturated heterocycles.